The molecule has 0 aliphatic carbocycles. The third kappa shape index (κ3) is 5.90. The summed E-state index contributed by atoms with van der Waals surface area (Å²) in [4.78, 5) is 9.09. The van der Waals surface area contributed by atoms with Crippen LogP contribution in [0.3, 0.4) is 0 Å². The van der Waals surface area contributed by atoms with E-state index in [1.165, 1.54) is 0 Å². The number of anilines is 2. The highest BCUT2D eigenvalue weighted by molar-refractivity contribution is 6.16. The molecule has 3 heterocycles. The molecule has 4 aromatic rings. The van der Waals surface area contributed by atoms with E-state index >= 15 is 0 Å². The zero-order valence-corrected chi connectivity index (χ0v) is 20.9. The number of benzene rings is 2. The summed E-state index contributed by atoms with van der Waals surface area (Å²) < 4.78 is 46.1. The van der Waals surface area contributed by atoms with E-state index in [-0.39, 0.29) is 11.7 Å². The van der Waals surface area contributed by atoms with E-state index < -0.39 is 12.8 Å². The molecule has 1 atom stereocenters. The maximum atomic E-state index is 12.5. The first kappa shape index (κ1) is 25.1. The number of alkyl halides is 4. The van der Waals surface area contributed by atoms with E-state index in [2.05, 4.69) is 10.3 Å². The molecule has 194 valence electrons. The van der Waals surface area contributed by atoms with Gasteiger partial charge in [-0.3, -0.25) is 0 Å². The van der Waals surface area contributed by atoms with Crippen LogP contribution in [0.2, 0.25) is 0 Å². The normalized spacial score (nSPS) is 15.8. The Morgan fingerprint density at radius 3 is 2.65 bits per heavy atom. The van der Waals surface area contributed by atoms with Crippen molar-refractivity contribution in [2.24, 2.45) is 0 Å². The molecule has 2 aromatic carbocycles. The van der Waals surface area contributed by atoms with Crippen LogP contribution in [0.25, 0.3) is 5.69 Å². The van der Waals surface area contributed by atoms with Gasteiger partial charge in [-0.15, -0.1) is 16.7 Å². The number of fused-ring (bicyclic) bond motifs is 1. The van der Waals surface area contributed by atoms with Gasteiger partial charge < -0.3 is 14.6 Å². The Morgan fingerprint density at radius 2 is 1.95 bits per heavy atom. The minimum absolute atomic E-state index is 0.0105. The lowest BCUT2D eigenvalue weighted by Gasteiger charge is -2.15. The van der Waals surface area contributed by atoms with Gasteiger partial charge >= 0.3 is 6.18 Å². The molecule has 5 rings (SSSR count). The predicted molar refractivity (Wildman–Crippen MR) is 135 cm³/mol. The van der Waals surface area contributed by atoms with Gasteiger partial charge in [-0.1, -0.05) is 18.6 Å². The molecule has 0 radical (unpaired) electrons. The van der Waals surface area contributed by atoms with Crippen molar-refractivity contribution >= 4 is 23.2 Å². The fourth-order valence-electron chi connectivity index (χ4n) is 4.56. The smallest absolute Gasteiger partial charge is 0.422 e. The van der Waals surface area contributed by atoms with Gasteiger partial charge in [0.1, 0.15) is 11.6 Å². The summed E-state index contributed by atoms with van der Waals surface area (Å²) in [5.74, 6) is 1.88. The number of rotatable bonds is 7. The van der Waals surface area contributed by atoms with Crippen molar-refractivity contribution in [3.05, 3.63) is 77.6 Å². The molecule has 0 saturated carbocycles. The molecule has 11 heteroatoms. The summed E-state index contributed by atoms with van der Waals surface area (Å²) in [5, 5.41) is 8.01. The highest BCUT2D eigenvalue weighted by Gasteiger charge is 2.29. The zero-order valence-electron chi connectivity index (χ0n) is 20.2. The standard InChI is InChI=1S/C26H26ClF3N6O/c1-17-12-19(7-10-23(17)35-14-20(13-27)31-16-35)32-25-33-24-22(4-2-3-11-36(24)34-25)18-5-8-21(9-6-18)37-15-26(28,29)30/h5-10,12,14,16,22H,2-4,11,13,15H2,1H3,(H,32,34). The average Bonchev–Trinajstić information content (AvgIpc) is 3.45. The average molecular weight is 531 g/mol. The Kier molecular flexibility index (Phi) is 7.10. The number of hydrogen-bond donors (Lipinski definition) is 1. The minimum atomic E-state index is -4.37. The highest BCUT2D eigenvalue weighted by atomic mass is 35.5. The summed E-state index contributed by atoms with van der Waals surface area (Å²) in [6.07, 6.45) is 2.14. The van der Waals surface area contributed by atoms with Crippen LogP contribution in [0.5, 0.6) is 5.75 Å². The van der Waals surface area contributed by atoms with Crippen LogP contribution in [0.15, 0.2) is 55.0 Å². The topological polar surface area (TPSA) is 69.8 Å². The summed E-state index contributed by atoms with van der Waals surface area (Å²) in [5.41, 5.74) is 4.70. The Balaban J connectivity index is 1.34. The van der Waals surface area contributed by atoms with Crippen molar-refractivity contribution in [2.45, 2.75) is 50.7 Å². The van der Waals surface area contributed by atoms with E-state index in [1.54, 1.807) is 18.5 Å². The fraction of sp³-hybridized carbons (Fsp3) is 0.346. The number of nitrogens with zero attached hydrogens (tertiary/aromatic N) is 5. The van der Waals surface area contributed by atoms with Crippen molar-refractivity contribution in [1.82, 2.24) is 24.3 Å². The van der Waals surface area contributed by atoms with Crippen LogP contribution in [0, 0.1) is 6.92 Å². The van der Waals surface area contributed by atoms with Crippen LogP contribution in [-0.4, -0.2) is 37.1 Å². The summed E-state index contributed by atoms with van der Waals surface area (Å²) in [6.45, 7) is 1.47. The van der Waals surface area contributed by atoms with Crippen LogP contribution < -0.4 is 10.1 Å². The molecule has 37 heavy (non-hydrogen) atoms. The van der Waals surface area contributed by atoms with Crippen molar-refractivity contribution in [3.63, 3.8) is 0 Å². The summed E-state index contributed by atoms with van der Waals surface area (Å²) in [7, 11) is 0. The molecule has 1 aliphatic heterocycles. The number of aromatic nitrogens is 5. The molecule has 7 nitrogen and oxygen atoms in total. The van der Waals surface area contributed by atoms with Gasteiger partial charge in [0.15, 0.2) is 6.61 Å². The van der Waals surface area contributed by atoms with Crippen molar-refractivity contribution in [3.8, 4) is 11.4 Å². The zero-order chi connectivity index (χ0) is 26.0. The van der Waals surface area contributed by atoms with Crippen LogP contribution in [-0.2, 0) is 12.4 Å². The van der Waals surface area contributed by atoms with E-state index in [4.69, 9.17) is 26.4 Å². The Labute approximate surface area is 217 Å². The SMILES string of the molecule is Cc1cc(Nc2nc3n(n2)CCCCC3c2ccc(OCC(F)(F)F)cc2)ccc1-n1cnc(CCl)c1. The third-order valence-electron chi connectivity index (χ3n) is 6.31. The van der Waals surface area contributed by atoms with Gasteiger partial charge in [-0.25, -0.2) is 9.67 Å². The molecular formula is C26H26ClF3N6O. The van der Waals surface area contributed by atoms with Gasteiger partial charge in [0.05, 0.1) is 17.9 Å². The fourth-order valence-corrected chi connectivity index (χ4v) is 4.70. The van der Waals surface area contributed by atoms with E-state index in [0.717, 1.165) is 59.8 Å². The number of halogens is 4. The summed E-state index contributed by atoms with van der Waals surface area (Å²) in [6, 6.07) is 12.8. The number of nitrogens with one attached hydrogen (secondary N) is 1. The maximum Gasteiger partial charge on any atom is 0.422 e. The largest absolute Gasteiger partial charge is 0.484 e. The van der Waals surface area contributed by atoms with Crippen molar-refractivity contribution in [2.75, 3.05) is 11.9 Å². The van der Waals surface area contributed by atoms with Gasteiger partial charge in [-0.2, -0.15) is 18.2 Å². The van der Waals surface area contributed by atoms with Crippen LogP contribution in [0.4, 0.5) is 24.8 Å². The van der Waals surface area contributed by atoms with E-state index in [1.807, 2.05) is 52.7 Å². The van der Waals surface area contributed by atoms with Gasteiger partial charge in [0.2, 0.25) is 5.95 Å². The number of ether oxygens (including phenoxy) is 1. The van der Waals surface area contributed by atoms with Gasteiger partial charge in [-0.05, 0) is 61.2 Å². The highest BCUT2D eigenvalue weighted by Crippen LogP contribution is 2.34. The molecule has 1 N–H and O–H groups in total. The molecule has 1 unspecified atom stereocenters. The molecule has 0 fully saturated rings. The van der Waals surface area contributed by atoms with Crippen molar-refractivity contribution < 1.29 is 17.9 Å². The Bertz CT molecular complexity index is 1370. The first-order chi connectivity index (χ1) is 17.8. The molecule has 0 spiro atoms. The summed E-state index contributed by atoms with van der Waals surface area (Å²) >= 11 is 5.88. The van der Waals surface area contributed by atoms with Gasteiger partial charge in [0, 0.05) is 30.0 Å². The lowest BCUT2D eigenvalue weighted by molar-refractivity contribution is -0.153. The predicted octanol–water partition coefficient (Wildman–Crippen LogP) is 6.51. The quantitative estimate of drug-likeness (QED) is 0.276. The number of aryl methyl sites for hydroxylation is 2. The minimum Gasteiger partial charge on any atom is -0.484 e. The van der Waals surface area contributed by atoms with Crippen LogP contribution in [0.1, 0.15) is 47.8 Å². The van der Waals surface area contributed by atoms with Crippen LogP contribution >= 0.6 is 11.6 Å². The number of imidazole rings is 1. The Morgan fingerprint density at radius 1 is 1.14 bits per heavy atom. The lowest BCUT2D eigenvalue weighted by atomic mass is 9.93. The second-order valence-corrected chi connectivity index (χ2v) is 9.34. The number of hydrogen-bond acceptors (Lipinski definition) is 5. The van der Waals surface area contributed by atoms with Crippen molar-refractivity contribution in [1.29, 1.82) is 0 Å². The van der Waals surface area contributed by atoms with Gasteiger partial charge in [0.25, 0.3) is 0 Å². The third-order valence-corrected chi connectivity index (χ3v) is 6.59. The first-order valence-corrected chi connectivity index (χ1v) is 12.5. The first-order valence-electron chi connectivity index (χ1n) is 12.0. The monoisotopic (exact) mass is 530 g/mol. The lowest BCUT2D eigenvalue weighted by Crippen LogP contribution is -2.19. The molecule has 2 aromatic heterocycles. The molecule has 0 saturated heterocycles. The molecule has 1 aliphatic rings. The van der Waals surface area contributed by atoms with E-state index in [9.17, 15) is 13.2 Å². The molecule has 0 amide bonds. The maximum absolute atomic E-state index is 12.5. The second kappa shape index (κ2) is 10.5. The second-order valence-electron chi connectivity index (χ2n) is 9.07. The Hall–Kier alpha value is -3.53. The molecular weight excluding hydrogens is 505 g/mol. The molecule has 0 bridgehead atoms. The van der Waals surface area contributed by atoms with E-state index in [0.29, 0.717) is 11.8 Å².